The number of hydrogen-bond acceptors (Lipinski definition) is 3. The molecule has 54 valence electrons. The van der Waals surface area contributed by atoms with Crippen molar-refractivity contribution in [2.75, 3.05) is 0 Å². The maximum atomic E-state index is 8.17. The lowest BCUT2D eigenvalue weighted by Crippen LogP contribution is -1.72. The Morgan fingerprint density at radius 3 is 3.09 bits per heavy atom. The van der Waals surface area contributed by atoms with Gasteiger partial charge in [0.1, 0.15) is 5.03 Å². The fourth-order valence-electron chi connectivity index (χ4n) is 0.551. The number of aromatic nitrogens is 1. The minimum absolute atomic E-state index is 0.902. The van der Waals surface area contributed by atoms with Gasteiger partial charge in [-0.2, -0.15) is 5.26 Å². The van der Waals surface area contributed by atoms with E-state index in [0.29, 0.717) is 0 Å². The van der Waals surface area contributed by atoms with Gasteiger partial charge < -0.3 is 0 Å². The molecule has 0 fully saturated rings. The zero-order chi connectivity index (χ0) is 7.94. The average Bonchev–Trinajstić information content (AvgIpc) is 2.07. The fraction of sp³-hybridized carbons (Fsp3) is 0. The number of nitrogens with zero attached hydrogens (tertiary/aromatic N) is 2. The minimum Gasteiger partial charge on any atom is -0.250 e. The molecular formula is C8H6N2S. The van der Waals surface area contributed by atoms with E-state index in [-0.39, 0.29) is 0 Å². The Morgan fingerprint density at radius 2 is 2.45 bits per heavy atom. The Bertz CT molecular complexity index is 274. The highest BCUT2D eigenvalue weighted by Gasteiger charge is 1.86. The largest absolute Gasteiger partial charge is 0.250 e. The molecule has 2 nitrogen and oxygen atoms in total. The van der Waals surface area contributed by atoms with Gasteiger partial charge in [-0.1, -0.05) is 17.8 Å². The van der Waals surface area contributed by atoms with Crippen molar-refractivity contribution in [1.29, 1.82) is 5.26 Å². The van der Waals surface area contributed by atoms with Crippen molar-refractivity contribution in [2.24, 2.45) is 0 Å². The number of thioether (sulfide) groups is 1. The quantitative estimate of drug-likeness (QED) is 0.494. The first-order valence-electron chi connectivity index (χ1n) is 3.06. The molecule has 0 unspecified atom stereocenters. The smallest absolute Gasteiger partial charge is 0.100 e. The molecule has 1 rings (SSSR count). The van der Waals surface area contributed by atoms with E-state index in [9.17, 15) is 0 Å². The summed E-state index contributed by atoms with van der Waals surface area (Å²) in [5, 5.41) is 10.8. The third kappa shape index (κ3) is 2.87. The Kier molecular flexibility index (Phi) is 3.23. The van der Waals surface area contributed by atoms with Gasteiger partial charge in [0.2, 0.25) is 0 Å². The van der Waals surface area contributed by atoms with Gasteiger partial charge >= 0.3 is 0 Å². The van der Waals surface area contributed by atoms with Crippen molar-refractivity contribution in [3.63, 3.8) is 0 Å². The van der Waals surface area contributed by atoms with Crippen molar-refractivity contribution in [2.45, 2.75) is 5.03 Å². The van der Waals surface area contributed by atoms with Crippen LogP contribution in [0.25, 0.3) is 0 Å². The molecule has 0 N–H and O–H groups in total. The maximum Gasteiger partial charge on any atom is 0.100 e. The lowest BCUT2D eigenvalue weighted by molar-refractivity contribution is 1.14. The molecule has 11 heavy (non-hydrogen) atoms. The highest BCUT2D eigenvalue weighted by Crippen LogP contribution is 2.14. The average molecular weight is 162 g/mol. The van der Waals surface area contributed by atoms with E-state index in [2.05, 4.69) is 4.98 Å². The highest BCUT2D eigenvalue weighted by molar-refractivity contribution is 8.02. The zero-order valence-electron chi connectivity index (χ0n) is 5.77. The summed E-state index contributed by atoms with van der Waals surface area (Å²) in [7, 11) is 0. The highest BCUT2D eigenvalue weighted by atomic mass is 32.2. The first-order chi connectivity index (χ1) is 5.43. The monoisotopic (exact) mass is 162 g/mol. The third-order valence-electron chi connectivity index (χ3n) is 0.969. The maximum absolute atomic E-state index is 8.17. The Morgan fingerprint density at radius 1 is 1.55 bits per heavy atom. The normalized spacial score (nSPS) is 9.73. The summed E-state index contributed by atoms with van der Waals surface area (Å²) >= 11 is 1.43. The van der Waals surface area contributed by atoms with Crippen molar-refractivity contribution in [1.82, 2.24) is 4.98 Å². The molecule has 0 radical (unpaired) electrons. The molecule has 0 atom stereocenters. The number of hydrogen-bond donors (Lipinski definition) is 0. The molecule has 0 aromatic carbocycles. The van der Waals surface area contributed by atoms with Crippen LogP contribution < -0.4 is 0 Å². The van der Waals surface area contributed by atoms with Crippen molar-refractivity contribution >= 4 is 11.8 Å². The first-order valence-corrected chi connectivity index (χ1v) is 3.94. The molecule has 1 heterocycles. The van der Waals surface area contributed by atoms with Gasteiger partial charge in [0.25, 0.3) is 0 Å². The van der Waals surface area contributed by atoms with Gasteiger partial charge in [-0.05, 0) is 17.5 Å². The summed E-state index contributed by atoms with van der Waals surface area (Å²) in [5.74, 6) is 0. The van der Waals surface area contributed by atoms with E-state index in [1.54, 1.807) is 11.6 Å². The molecule has 0 amide bonds. The predicted octanol–water partition coefficient (Wildman–Crippen LogP) is 2.21. The summed E-state index contributed by atoms with van der Waals surface area (Å²) in [6.45, 7) is 0. The van der Waals surface area contributed by atoms with Gasteiger partial charge in [0.15, 0.2) is 0 Å². The van der Waals surface area contributed by atoms with Crippen LogP contribution in [0.1, 0.15) is 0 Å². The molecular weight excluding hydrogens is 156 g/mol. The second-order valence-electron chi connectivity index (χ2n) is 1.72. The number of pyridine rings is 1. The lowest BCUT2D eigenvalue weighted by Gasteiger charge is -1.90. The lowest BCUT2D eigenvalue weighted by atomic mass is 10.5. The zero-order valence-corrected chi connectivity index (χ0v) is 6.58. The van der Waals surface area contributed by atoms with Crippen LogP contribution in [-0.4, -0.2) is 4.98 Å². The van der Waals surface area contributed by atoms with Crippen LogP contribution in [0.15, 0.2) is 40.9 Å². The molecule has 0 bridgehead atoms. The Balaban J connectivity index is 2.53. The van der Waals surface area contributed by atoms with Gasteiger partial charge in [0, 0.05) is 12.3 Å². The second kappa shape index (κ2) is 4.53. The minimum atomic E-state index is 0.902. The van der Waals surface area contributed by atoms with E-state index < -0.39 is 0 Å². The van der Waals surface area contributed by atoms with Crippen LogP contribution in [0.4, 0.5) is 0 Å². The van der Waals surface area contributed by atoms with Gasteiger partial charge in [0.05, 0.1) is 6.07 Å². The number of rotatable bonds is 2. The summed E-state index contributed by atoms with van der Waals surface area (Å²) in [4.78, 5) is 4.05. The molecule has 1 aromatic heterocycles. The number of nitriles is 1. The van der Waals surface area contributed by atoms with Crippen LogP contribution in [0, 0.1) is 11.3 Å². The summed E-state index contributed by atoms with van der Waals surface area (Å²) < 4.78 is 0. The standard InChI is InChI=1S/C8H6N2S/c9-5-3-7-11-8-4-1-2-6-10-8/h1-4,6-7H/b7-3+. The molecule has 0 aliphatic rings. The molecule has 0 aliphatic heterocycles. The van der Waals surface area contributed by atoms with Crippen LogP contribution in [0.5, 0.6) is 0 Å². The number of allylic oxidation sites excluding steroid dienone is 1. The Labute approximate surface area is 69.6 Å². The molecule has 1 aromatic rings. The summed E-state index contributed by atoms with van der Waals surface area (Å²) in [5.41, 5.74) is 0. The van der Waals surface area contributed by atoms with Crippen LogP contribution in [0.3, 0.4) is 0 Å². The summed E-state index contributed by atoms with van der Waals surface area (Å²) in [6.07, 6.45) is 3.15. The van der Waals surface area contributed by atoms with Crippen LogP contribution in [0.2, 0.25) is 0 Å². The second-order valence-corrected chi connectivity index (χ2v) is 2.64. The SMILES string of the molecule is N#C/C=C/Sc1ccccn1. The molecule has 0 aliphatic carbocycles. The molecule has 3 heteroatoms. The van der Waals surface area contributed by atoms with Gasteiger partial charge in [-0.3, -0.25) is 0 Å². The molecule has 0 saturated carbocycles. The van der Waals surface area contributed by atoms with E-state index >= 15 is 0 Å². The molecule has 0 spiro atoms. The summed E-state index contributed by atoms with van der Waals surface area (Å²) in [6, 6.07) is 7.58. The van der Waals surface area contributed by atoms with Crippen molar-refractivity contribution in [3.05, 3.63) is 35.9 Å². The molecule has 0 saturated heterocycles. The van der Waals surface area contributed by atoms with E-state index in [4.69, 9.17) is 5.26 Å². The van der Waals surface area contributed by atoms with Crippen molar-refractivity contribution < 1.29 is 0 Å². The van der Waals surface area contributed by atoms with Crippen LogP contribution in [-0.2, 0) is 0 Å². The topological polar surface area (TPSA) is 36.7 Å². The Hall–Kier alpha value is -1.27. The van der Waals surface area contributed by atoms with Gasteiger partial charge in [-0.15, -0.1) is 0 Å². The van der Waals surface area contributed by atoms with Crippen LogP contribution >= 0.6 is 11.8 Å². The van der Waals surface area contributed by atoms with E-state index in [1.165, 1.54) is 17.8 Å². The first kappa shape index (κ1) is 7.83. The van der Waals surface area contributed by atoms with E-state index in [1.807, 2.05) is 24.3 Å². The predicted molar refractivity (Wildman–Crippen MR) is 44.8 cm³/mol. The van der Waals surface area contributed by atoms with Crippen molar-refractivity contribution in [3.8, 4) is 6.07 Å². The fourth-order valence-corrected chi connectivity index (χ4v) is 1.10. The van der Waals surface area contributed by atoms with Gasteiger partial charge in [-0.25, -0.2) is 4.98 Å². The van der Waals surface area contributed by atoms with E-state index in [0.717, 1.165) is 5.03 Å². The third-order valence-corrected chi connectivity index (χ3v) is 1.72.